The standard InChI is InChI=1S/C12H9N5/c1-7-9(6-14-17-7)12-15-10-3-2-8(5-13)4-11(10)16-12/h2-4,6H,1H3,(H,14,17)(H,15,16). The molecule has 0 aliphatic rings. The largest absolute Gasteiger partial charge is 0.338 e. The molecule has 2 N–H and O–H groups in total. The first-order valence-electron chi connectivity index (χ1n) is 5.18. The van der Waals surface area contributed by atoms with Gasteiger partial charge in [-0.2, -0.15) is 10.4 Å². The molecule has 2 aromatic heterocycles. The zero-order valence-corrected chi connectivity index (χ0v) is 9.15. The van der Waals surface area contributed by atoms with Gasteiger partial charge in [-0.25, -0.2) is 4.98 Å². The molecule has 0 aliphatic carbocycles. The molecule has 0 saturated heterocycles. The number of hydrogen-bond acceptors (Lipinski definition) is 3. The molecule has 0 fully saturated rings. The van der Waals surface area contributed by atoms with Gasteiger partial charge in [0.2, 0.25) is 0 Å². The Bertz CT molecular complexity index is 729. The molecule has 5 heteroatoms. The number of hydrogen-bond donors (Lipinski definition) is 2. The number of aryl methyl sites for hydroxylation is 1. The van der Waals surface area contributed by atoms with Crippen LogP contribution < -0.4 is 0 Å². The van der Waals surface area contributed by atoms with Crippen molar-refractivity contribution in [2.45, 2.75) is 6.92 Å². The predicted octanol–water partition coefficient (Wildman–Crippen LogP) is 2.13. The van der Waals surface area contributed by atoms with Gasteiger partial charge in [0.15, 0.2) is 0 Å². The van der Waals surface area contributed by atoms with E-state index in [0.717, 1.165) is 28.1 Å². The monoisotopic (exact) mass is 223 g/mol. The van der Waals surface area contributed by atoms with Crippen molar-refractivity contribution in [2.75, 3.05) is 0 Å². The highest BCUT2D eigenvalue weighted by Crippen LogP contribution is 2.22. The van der Waals surface area contributed by atoms with Crippen LogP contribution in [0.1, 0.15) is 11.3 Å². The number of H-pyrrole nitrogens is 2. The van der Waals surface area contributed by atoms with Crippen LogP contribution in [0.15, 0.2) is 24.4 Å². The number of nitrogens with zero attached hydrogens (tertiary/aromatic N) is 3. The van der Waals surface area contributed by atoms with Crippen molar-refractivity contribution in [3.63, 3.8) is 0 Å². The quantitative estimate of drug-likeness (QED) is 0.663. The van der Waals surface area contributed by atoms with Crippen molar-refractivity contribution in [1.29, 1.82) is 5.26 Å². The maximum atomic E-state index is 8.83. The van der Waals surface area contributed by atoms with Crippen LogP contribution in [0, 0.1) is 18.3 Å². The molecule has 0 saturated carbocycles. The van der Waals surface area contributed by atoms with Gasteiger partial charge in [-0.15, -0.1) is 0 Å². The van der Waals surface area contributed by atoms with Crippen LogP contribution in [0.5, 0.6) is 0 Å². The third-order valence-corrected chi connectivity index (χ3v) is 2.70. The molecule has 0 radical (unpaired) electrons. The van der Waals surface area contributed by atoms with E-state index in [1.165, 1.54) is 0 Å². The van der Waals surface area contributed by atoms with Crippen molar-refractivity contribution in [3.05, 3.63) is 35.7 Å². The molecule has 2 heterocycles. The van der Waals surface area contributed by atoms with Gasteiger partial charge in [-0.05, 0) is 25.1 Å². The summed E-state index contributed by atoms with van der Waals surface area (Å²) in [4.78, 5) is 7.66. The summed E-state index contributed by atoms with van der Waals surface area (Å²) in [6.45, 7) is 1.94. The molecule has 17 heavy (non-hydrogen) atoms. The first-order valence-corrected chi connectivity index (χ1v) is 5.18. The zero-order chi connectivity index (χ0) is 11.8. The first kappa shape index (κ1) is 9.60. The maximum Gasteiger partial charge on any atom is 0.141 e. The summed E-state index contributed by atoms with van der Waals surface area (Å²) < 4.78 is 0. The molecule has 5 nitrogen and oxygen atoms in total. The van der Waals surface area contributed by atoms with E-state index in [4.69, 9.17) is 5.26 Å². The number of fused-ring (bicyclic) bond motifs is 1. The van der Waals surface area contributed by atoms with E-state index in [1.807, 2.05) is 13.0 Å². The Morgan fingerprint density at radius 1 is 1.35 bits per heavy atom. The zero-order valence-electron chi connectivity index (χ0n) is 9.15. The van der Waals surface area contributed by atoms with Gasteiger partial charge in [0.25, 0.3) is 0 Å². The van der Waals surface area contributed by atoms with E-state index in [0.29, 0.717) is 5.56 Å². The Labute approximate surface area is 97.1 Å². The summed E-state index contributed by atoms with van der Waals surface area (Å²) in [7, 11) is 0. The van der Waals surface area contributed by atoms with Crippen LogP contribution in [-0.4, -0.2) is 20.2 Å². The minimum Gasteiger partial charge on any atom is -0.338 e. The average Bonchev–Trinajstić information content (AvgIpc) is 2.93. The Kier molecular flexibility index (Phi) is 1.95. The molecule has 0 spiro atoms. The molecule has 3 aromatic rings. The molecule has 0 amide bonds. The normalized spacial score (nSPS) is 10.6. The van der Waals surface area contributed by atoms with Gasteiger partial charge >= 0.3 is 0 Å². The van der Waals surface area contributed by atoms with Crippen molar-refractivity contribution in [2.24, 2.45) is 0 Å². The number of nitriles is 1. The van der Waals surface area contributed by atoms with Gasteiger partial charge < -0.3 is 4.98 Å². The molecule has 82 valence electrons. The Morgan fingerprint density at radius 3 is 2.94 bits per heavy atom. The van der Waals surface area contributed by atoms with Crippen LogP contribution in [0.2, 0.25) is 0 Å². The minimum absolute atomic E-state index is 0.622. The lowest BCUT2D eigenvalue weighted by Crippen LogP contribution is -1.80. The number of rotatable bonds is 1. The van der Waals surface area contributed by atoms with Crippen molar-refractivity contribution in [1.82, 2.24) is 20.2 Å². The summed E-state index contributed by atoms with van der Waals surface area (Å²) in [5.74, 6) is 0.765. The van der Waals surface area contributed by atoms with Crippen LogP contribution in [0.25, 0.3) is 22.4 Å². The summed E-state index contributed by atoms with van der Waals surface area (Å²) in [5, 5.41) is 15.7. The molecular weight excluding hydrogens is 214 g/mol. The topological polar surface area (TPSA) is 81.2 Å². The van der Waals surface area contributed by atoms with Crippen LogP contribution >= 0.6 is 0 Å². The Balaban J connectivity index is 2.21. The first-order chi connectivity index (χ1) is 8.28. The lowest BCUT2D eigenvalue weighted by atomic mass is 10.2. The van der Waals surface area contributed by atoms with Gasteiger partial charge in [-0.3, -0.25) is 5.10 Å². The second-order valence-electron chi connectivity index (χ2n) is 3.84. The highest BCUT2D eigenvalue weighted by molar-refractivity contribution is 5.80. The van der Waals surface area contributed by atoms with Gasteiger partial charge in [0, 0.05) is 5.69 Å². The third-order valence-electron chi connectivity index (χ3n) is 2.70. The summed E-state index contributed by atoms with van der Waals surface area (Å²) in [5.41, 5.74) is 4.24. The summed E-state index contributed by atoms with van der Waals surface area (Å²) in [6.07, 6.45) is 1.73. The summed E-state index contributed by atoms with van der Waals surface area (Å²) >= 11 is 0. The number of aromatic nitrogens is 4. The molecule has 0 atom stereocenters. The fraction of sp³-hybridized carbons (Fsp3) is 0.0833. The number of benzene rings is 1. The average molecular weight is 223 g/mol. The number of imidazole rings is 1. The minimum atomic E-state index is 0.622. The molecule has 0 aliphatic heterocycles. The second-order valence-corrected chi connectivity index (χ2v) is 3.84. The van der Waals surface area contributed by atoms with Gasteiger partial charge in [-0.1, -0.05) is 0 Å². The van der Waals surface area contributed by atoms with E-state index in [1.54, 1.807) is 18.3 Å². The predicted molar refractivity (Wildman–Crippen MR) is 63.1 cm³/mol. The van der Waals surface area contributed by atoms with E-state index < -0.39 is 0 Å². The van der Waals surface area contributed by atoms with Gasteiger partial charge in [0.1, 0.15) is 5.82 Å². The second kappa shape index (κ2) is 3.46. The van der Waals surface area contributed by atoms with Crippen molar-refractivity contribution < 1.29 is 0 Å². The molecule has 0 bridgehead atoms. The Morgan fingerprint density at radius 2 is 2.24 bits per heavy atom. The van der Waals surface area contributed by atoms with Gasteiger partial charge in [0.05, 0.1) is 34.4 Å². The fourth-order valence-corrected chi connectivity index (χ4v) is 1.80. The highest BCUT2D eigenvalue weighted by Gasteiger charge is 2.09. The van der Waals surface area contributed by atoms with E-state index in [2.05, 4.69) is 26.2 Å². The van der Waals surface area contributed by atoms with E-state index in [9.17, 15) is 0 Å². The van der Waals surface area contributed by atoms with E-state index >= 15 is 0 Å². The lowest BCUT2D eigenvalue weighted by molar-refractivity contribution is 1.05. The van der Waals surface area contributed by atoms with Crippen molar-refractivity contribution >= 4 is 11.0 Å². The van der Waals surface area contributed by atoms with Crippen molar-refractivity contribution in [3.8, 4) is 17.5 Å². The molecular formula is C12H9N5. The maximum absolute atomic E-state index is 8.83. The highest BCUT2D eigenvalue weighted by atomic mass is 15.1. The number of aromatic amines is 2. The SMILES string of the molecule is Cc1[nH]ncc1-c1nc2ccc(C#N)cc2[nH]1. The number of nitrogens with one attached hydrogen (secondary N) is 2. The fourth-order valence-electron chi connectivity index (χ4n) is 1.80. The molecule has 0 unspecified atom stereocenters. The van der Waals surface area contributed by atoms with E-state index in [-0.39, 0.29) is 0 Å². The van der Waals surface area contributed by atoms with Crippen LogP contribution in [0.3, 0.4) is 0 Å². The molecule has 1 aromatic carbocycles. The smallest absolute Gasteiger partial charge is 0.141 e. The third kappa shape index (κ3) is 1.47. The van der Waals surface area contributed by atoms with Crippen LogP contribution in [-0.2, 0) is 0 Å². The van der Waals surface area contributed by atoms with Crippen LogP contribution in [0.4, 0.5) is 0 Å². The Hall–Kier alpha value is -2.61. The summed E-state index contributed by atoms with van der Waals surface area (Å²) in [6, 6.07) is 7.50. The molecule has 3 rings (SSSR count). The lowest BCUT2D eigenvalue weighted by Gasteiger charge is -1.90.